The van der Waals surface area contributed by atoms with E-state index in [9.17, 15) is 15.0 Å². The number of hydrogen-bond acceptors (Lipinski definition) is 3. The van der Waals surface area contributed by atoms with Crippen molar-refractivity contribution in [3.8, 4) is 0 Å². The highest BCUT2D eigenvalue weighted by Crippen LogP contribution is 2.31. The molecular weight excluding hydrogens is 278 g/mol. The van der Waals surface area contributed by atoms with Gasteiger partial charge in [0.1, 0.15) is 0 Å². The summed E-state index contributed by atoms with van der Waals surface area (Å²) in [5.41, 5.74) is 0.861. The molecule has 0 amide bonds. The quantitative estimate of drug-likeness (QED) is 0.876. The summed E-state index contributed by atoms with van der Waals surface area (Å²) in [5.74, 6) is -0.985. The molecule has 0 spiro atoms. The number of anilines is 1. The Morgan fingerprint density at radius 2 is 2.00 bits per heavy atom. The lowest BCUT2D eigenvalue weighted by atomic mass is 9.93. The zero-order valence-corrected chi connectivity index (χ0v) is 12.1. The normalized spacial score (nSPS) is 16.1. The molecule has 1 aromatic carbocycles. The van der Waals surface area contributed by atoms with Gasteiger partial charge < -0.3 is 15.1 Å². The summed E-state index contributed by atoms with van der Waals surface area (Å²) >= 11 is 5.90. The molecule has 0 heterocycles. The standard InChI is InChI=1S/C15H20ClNO3/c16-11-6-7-14(13(10-11)15(19)20)17(8-9-18)12-4-2-1-3-5-12/h6-7,10,12,18H,1-5,8-9H2,(H,19,20). The second-order valence-electron chi connectivity index (χ2n) is 5.18. The molecule has 20 heavy (non-hydrogen) atoms. The van der Waals surface area contributed by atoms with Gasteiger partial charge in [-0.3, -0.25) is 0 Å². The zero-order chi connectivity index (χ0) is 14.5. The summed E-state index contributed by atoms with van der Waals surface area (Å²) < 4.78 is 0. The van der Waals surface area contributed by atoms with Crippen molar-refractivity contribution in [2.45, 2.75) is 38.1 Å². The zero-order valence-electron chi connectivity index (χ0n) is 11.4. The van der Waals surface area contributed by atoms with Crippen molar-refractivity contribution in [3.63, 3.8) is 0 Å². The van der Waals surface area contributed by atoms with Crippen LogP contribution in [0.25, 0.3) is 0 Å². The summed E-state index contributed by atoms with van der Waals surface area (Å²) in [6, 6.07) is 5.23. The van der Waals surface area contributed by atoms with Crippen LogP contribution < -0.4 is 4.90 Å². The average molecular weight is 298 g/mol. The van der Waals surface area contributed by atoms with Gasteiger partial charge >= 0.3 is 5.97 Å². The van der Waals surface area contributed by atoms with Crippen LogP contribution in [0.1, 0.15) is 42.5 Å². The number of carboxylic acids is 1. The number of nitrogens with zero attached hydrogens (tertiary/aromatic N) is 1. The first-order valence-electron chi connectivity index (χ1n) is 7.04. The van der Waals surface area contributed by atoms with Crippen LogP contribution in [0.3, 0.4) is 0 Å². The largest absolute Gasteiger partial charge is 0.478 e. The van der Waals surface area contributed by atoms with Crippen LogP contribution in [0.2, 0.25) is 5.02 Å². The van der Waals surface area contributed by atoms with E-state index in [1.165, 1.54) is 12.5 Å². The number of aliphatic hydroxyl groups is 1. The van der Waals surface area contributed by atoms with Gasteiger partial charge in [-0.1, -0.05) is 30.9 Å². The van der Waals surface area contributed by atoms with Crippen molar-refractivity contribution in [1.29, 1.82) is 0 Å². The Balaban J connectivity index is 2.35. The highest BCUT2D eigenvalue weighted by molar-refractivity contribution is 6.31. The summed E-state index contributed by atoms with van der Waals surface area (Å²) in [5, 5.41) is 19.1. The minimum atomic E-state index is -0.985. The molecule has 0 atom stereocenters. The van der Waals surface area contributed by atoms with Gasteiger partial charge in [0.15, 0.2) is 0 Å². The van der Waals surface area contributed by atoms with Crippen LogP contribution >= 0.6 is 11.6 Å². The number of hydrogen-bond donors (Lipinski definition) is 2. The van der Waals surface area contributed by atoms with Gasteiger partial charge in [-0.15, -0.1) is 0 Å². The third-order valence-electron chi connectivity index (χ3n) is 3.85. The van der Waals surface area contributed by atoms with Crippen molar-refractivity contribution >= 4 is 23.3 Å². The molecule has 1 aliphatic rings. The van der Waals surface area contributed by atoms with Crippen LogP contribution in [0, 0.1) is 0 Å². The summed E-state index contributed by atoms with van der Waals surface area (Å²) in [6.07, 6.45) is 5.63. The average Bonchev–Trinajstić information content (AvgIpc) is 2.46. The molecule has 1 aliphatic carbocycles. The van der Waals surface area contributed by atoms with Crippen LogP contribution in [0.5, 0.6) is 0 Å². The summed E-state index contributed by atoms with van der Waals surface area (Å²) in [6.45, 7) is 0.463. The van der Waals surface area contributed by atoms with Gasteiger partial charge in [-0.2, -0.15) is 0 Å². The van der Waals surface area contributed by atoms with E-state index in [1.54, 1.807) is 12.1 Å². The fourth-order valence-corrected chi connectivity index (χ4v) is 3.10. The molecule has 0 aromatic heterocycles. The van der Waals surface area contributed by atoms with E-state index in [0.717, 1.165) is 25.7 Å². The first-order chi connectivity index (χ1) is 9.63. The van der Waals surface area contributed by atoms with Gasteiger partial charge in [0.2, 0.25) is 0 Å². The van der Waals surface area contributed by atoms with Crippen LogP contribution in [-0.4, -0.2) is 35.4 Å². The van der Waals surface area contributed by atoms with Gasteiger partial charge in [-0.25, -0.2) is 4.79 Å². The molecule has 1 saturated carbocycles. The molecule has 5 heteroatoms. The number of halogens is 1. The van der Waals surface area contributed by atoms with Gasteiger partial charge in [0.05, 0.1) is 17.9 Å². The van der Waals surface area contributed by atoms with Gasteiger partial charge in [0, 0.05) is 17.6 Å². The predicted molar refractivity (Wildman–Crippen MR) is 79.7 cm³/mol. The Kier molecular flexibility index (Phi) is 5.26. The second-order valence-corrected chi connectivity index (χ2v) is 5.61. The Bertz CT molecular complexity index is 472. The maximum atomic E-state index is 11.4. The molecule has 4 nitrogen and oxygen atoms in total. The Hall–Kier alpha value is -1.26. The third kappa shape index (κ3) is 3.44. The van der Waals surface area contributed by atoms with E-state index in [2.05, 4.69) is 0 Å². The monoisotopic (exact) mass is 297 g/mol. The number of rotatable bonds is 5. The lowest BCUT2D eigenvalue weighted by molar-refractivity contribution is 0.0697. The highest BCUT2D eigenvalue weighted by Gasteiger charge is 2.24. The van der Waals surface area contributed by atoms with Crippen LogP contribution in [-0.2, 0) is 0 Å². The number of carbonyl (C=O) groups is 1. The number of aromatic carboxylic acids is 1. The predicted octanol–water partition coefficient (Wildman–Crippen LogP) is 3.17. The molecule has 2 N–H and O–H groups in total. The molecule has 2 rings (SSSR count). The fraction of sp³-hybridized carbons (Fsp3) is 0.533. The van der Waals surface area contributed by atoms with Crippen molar-refractivity contribution < 1.29 is 15.0 Å². The van der Waals surface area contributed by atoms with Crippen LogP contribution in [0.15, 0.2) is 18.2 Å². The lowest BCUT2D eigenvalue weighted by Gasteiger charge is -2.36. The first-order valence-corrected chi connectivity index (χ1v) is 7.41. The lowest BCUT2D eigenvalue weighted by Crippen LogP contribution is -2.39. The Morgan fingerprint density at radius 3 is 2.60 bits per heavy atom. The van der Waals surface area contributed by atoms with E-state index >= 15 is 0 Å². The SMILES string of the molecule is O=C(O)c1cc(Cl)ccc1N(CCO)C1CCCCC1. The molecule has 110 valence electrons. The summed E-state index contributed by atoms with van der Waals surface area (Å²) in [7, 11) is 0. The van der Waals surface area contributed by atoms with Crippen LogP contribution in [0.4, 0.5) is 5.69 Å². The fourth-order valence-electron chi connectivity index (χ4n) is 2.93. The second kappa shape index (κ2) is 6.95. The van der Waals surface area contributed by atoms with E-state index in [4.69, 9.17) is 11.6 Å². The van der Waals surface area contributed by atoms with Crippen molar-refractivity contribution in [1.82, 2.24) is 0 Å². The molecule has 0 unspecified atom stereocenters. The van der Waals surface area contributed by atoms with Gasteiger partial charge in [-0.05, 0) is 31.0 Å². The maximum Gasteiger partial charge on any atom is 0.337 e. The maximum absolute atomic E-state index is 11.4. The Morgan fingerprint density at radius 1 is 1.30 bits per heavy atom. The first kappa shape index (κ1) is 15.1. The van der Waals surface area contributed by atoms with Crippen molar-refractivity contribution in [3.05, 3.63) is 28.8 Å². The Labute approximate surface area is 124 Å². The molecule has 0 bridgehead atoms. The minimum absolute atomic E-state index is 0.0121. The number of carboxylic acid groups (broad SMARTS) is 1. The van der Waals surface area contributed by atoms with Crippen molar-refractivity contribution in [2.24, 2.45) is 0 Å². The van der Waals surface area contributed by atoms with E-state index in [-0.39, 0.29) is 12.2 Å². The van der Waals surface area contributed by atoms with Crippen molar-refractivity contribution in [2.75, 3.05) is 18.1 Å². The molecule has 0 radical (unpaired) electrons. The highest BCUT2D eigenvalue weighted by atomic mass is 35.5. The smallest absolute Gasteiger partial charge is 0.337 e. The minimum Gasteiger partial charge on any atom is -0.478 e. The van der Waals surface area contributed by atoms with E-state index in [0.29, 0.717) is 23.3 Å². The molecule has 1 fully saturated rings. The third-order valence-corrected chi connectivity index (χ3v) is 4.09. The molecule has 1 aromatic rings. The van der Waals surface area contributed by atoms with E-state index < -0.39 is 5.97 Å². The number of aliphatic hydroxyl groups excluding tert-OH is 1. The molecular formula is C15H20ClNO3. The number of benzene rings is 1. The molecule has 0 aliphatic heterocycles. The molecule has 0 saturated heterocycles. The topological polar surface area (TPSA) is 60.8 Å². The van der Waals surface area contributed by atoms with Gasteiger partial charge in [0.25, 0.3) is 0 Å². The summed E-state index contributed by atoms with van der Waals surface area (Å²) in [4.78, 5) is 13.4. The van der Waals surface area contributed by atoms with E-state index in [1.807, 2.05) is 4.90 Å².